The summed E-state index contributed by atoms with van der Waals surface area (Å²) >= 11 is 3.56. The highest BCUT2D eigenvalue weighted by atomic mass is 79.9. The normalized spacial score (nSPS) is 14.0. The summed E-state index contributed by atoms with van der Waals surface area (Å²) in [4.78, 5) is 0. The minimum Gasteiger partial charge on any atom is -0.496 e. The van der Waals surface area contributed by atoms with Gasteiger partial charge in [0.2, 0.25) is 0 Å². The van der Waals surface area contributed by atoms with Gasteiger partial charge in [-0.05, 0) is 72.8 Å². The molecule has 0 aliphatic heterocycles. The molecule has 0 aromatic heterocycles. The van der Waals surface area contributed by atoms with Gasteiger partial charge in [-0.15, -0.1) is 0 Å². The van der Waals surface area contributed by atoms with Gasteiger partial charge in [-0.2, -0.15) is 0 Å². The molecule has 120 valence electrons. The molecule has 0 saturated heterocycles. The van der Waals surface area contributed by atoms with E-state index in [1.807, 2.05) is 6.07 Å². The summed E-state index contributed by atoms with van der Waals surface area (Å²) in [6.45, 7) is 5.38. The first-order valence-corrected chi connectivity index (χ1v) is 8.48. The van der Waals surface area contributed by atoms with E-state index in [1.54, 1.807) is 14.2 Å². The maximum absolute atomic E-state index is 5.35. The molecule has 4 heteroatoms. The highest BCUT2D eigenvalue weighted by molar-refractivity contribution is 9.10. The molecule has 1 aromatic carbocycles. The van der Waals surface area contributed by atoms with Gasteiger partial charge in [-0.25, -0.2) is 0 Å². The number of halogens is 1. The van der Waals surface area contributed by atoms with Crippen molar-refractivity contribution in [1.82, 2.24) is 5.32 Å². The van der Waals surface area contributed by atoms with Gasteiger partial charge in [-0.1, -0.05) is 13.0 Å². The molecule has 0 aliphatic carbocycles. The van der Waals surface area contributed by atoms with Crippen LogP contribution in [0.5, 0.6) is 5.75 Å². The number of methoxy groups -OCH3 is 2. The number of benzene rings is 1. The monoisotopic (exact) mass is 357 g/mol. The summed E-state index contributed by atoms with van der Waals surface area (Å²) in [6.07, 6.45) is 4.70. The molecule has 0 spiro atoms. The Morgan fingerprint density at radius 2 is 2.00 bits per heavy atom. The van der Waals surface area contributed by atoms with Crippen molar-refractivity contribution in [3.63, 3.8) is 0 Å². The third-order valence-electron chi connectivity index (χ3n) is 3.71. The molecule has 0 fully saturated rings. The van der Waals surface area contributed by atoms with E-state index in [1.165, 1.54) is 5.56 Å². The van der Waals surface area contributed by atoms with Crippen molar-refractivity contribution in [2.75, 3.05) is 20.8 Å². The van der Waals surface area contributed by atoms with Crippen molar-refractivity contribution in [2.24, 2.45) is 0 Å². The van der Waals surface area contributed by atoms with E-state index in [9.17, 15) is 0 Å². The Bertz CT molecular complexity index is 412. The van der Waals surface area contributed by atoms with Crippen LogP contribution in [-0.2, 0) is 11.2 Å². The topological polar surface area (TPSA) is 30.5 Å². The predicted octanol–water partition coefficient (Wildman–Crippen LogP) is 4.18. The number of hydrogen-bond acceptors (Lipinski definition) is 3. The fourth-order valence-electron chi connectivity index (χ4n) is 2.30. The van der Waals surface area contributed by atoms with Crippen LogP contribution >= 0.6 is 15.9 Å². The quantitative estimate of drug-likeness (QED) is 0.681. The van der Waals surface area contributed by atoms with Crippen LogP contribution in [0.1, 0.15) is 38.7 Å². The Hall–Kier alpha value is -0.580. The predicted molar refractivity (Wildman–Crippen MR) is 92.2 cm³/mol. The van der Waals surface area contributed by atoms with E-state index >= 15 is 0 Å². The lowest BCUT2D eigenvalue weighted by atomic mass is 10.00. The number of ether oxygens (including phenoxy) is 2. The van der Waals surface area contributed by atoms with Crippen LogP contribution < -0.4 is 10.1 Å². The van der Waals surface area contributed by atoms with E-state index in [4.69, 9.17) is 9.47 Å². The van der Waals surface area contributed by atoms with Crippen LogP contribution in [0.3, 0.4) is 0 Å². The molecule has 2 atom stereocenters. The van der Waals surface area contributed by atoms with Crippen molar-refractivity contribution in [1.29, 1.82) is 0 Å². The molecule has 0 bridgehead atoms. The van der Waals surface area contributed by atoms with E-state index in [-0.39, 0.29) is 0 Å². The van der Waals surface area contributed by atoms with Crippen molar-refractivity contribution in [3.8, 4) is 5.75 Å². The first-order chi connectivity index (χ1) is 10.1. The highest BCUT2D eigenvalue weighted by Crippen LogP contribution is 2.26. The molecule has 1 rings (SSSR count). The lowest BCUT2D eigenvalue weighted by Crippen LogP contribution is -2.32. The summed E-state index contributed by atoms with van der Waals surface area (Å²) in [5, 5.41) is 3.64. The first kappa shape index (κ1) is 18.5. The lowest BCUT2D eigenvalue weighted by molar-refractivity contribution is 0.106. The zero-order chi connectivity index (χ0) is 15.7. The Balaban J connectivity index is 2.63. The second-order valence-electron chi connectivity index (χ2n) is 5.45. The fourth-order valence-corrected chi connectivity index (χ4v) is 2.89. The third kappa shape index (κ3) is 6.81. The zero-order valence-electron chi connectivity index (χ0n) is 13.6. The number of hydrogen-bond donors (Lipinski definition) is 1. The maximum atomic E-state index is 5.35. The van der Waals surface area contributed by atoms with Crippen LogP contribution in [0, 0.1) is 0 Å². The minimum absolute atomic E-state index is 0.318. The van der Waals surface area contributed by atoms with Gasteiger partial charge < -0.3 is 14.8 Å². The summed E-state index contributed by atoms with van der Waals surface area (Å²) in [7, 11) is 3.47. The smallest absolute Gasteiger partial charge is 0.133 e. The van der Waals surface area contributed by atoms with Crippen LogP contribution in [0.15, 0.2) is 22.7 Å². The average molecular weight is 358 g/mol. The van der Waals surface area contributed by atoms with E-state index < -0.39 is 0 Å². The summed E-state index contributed by atoms with van der Waals surface area (Å²) < 4.78 is 11.7. The third-order valence-corrected chi connectivity index (χ3v) is 4.33. The molecule has 0 saturated carbocycles. The van der Waals surface area contributed by atoms with Gasteiger partial charge in [0.15, 0.2) is 0 Å². The molecular weight excluding hydrogens is 330 g/mol. The number of nitrogens with one attached hydrogen (secondary N) is 1. The molecule has 1 N–H and O–H groups in total. The van der Waals surface area contributed by atoms with Gasteiger partial charge in [0.1, 0.15) is 5.75 Å². The molecule has 1 aromatic rings. The van der Waals surface area contributed by atoms with Crippen molar-refractivity contribution in [2.45, 2.75) is 51.7 Å². The maximum Gasteiger partial charge on any atom is 0.133 e. The van der Waals surface area contributed by atoms with Crippen molar-refractivity contribution in [3.05, 3.63) is 28.2 Å². The van der Waals surface area contributed by atoms with Crippen LogP contribution in [-0.4, -0.2) is 32.9 Å². The molecule has 0 amide bonds. The molecule has 0 heterocycles. The second kappa shape index (κ2) is 10.2. The highest BCUT2D eigenvalue weighted by Gasteiger charge is 2.12. The Labute approximate surface area is 137 Å². The van der Waals surface area contributed by atoms with Gasteiger partial charge in [-0.3, -0.25) is 0 Å². The Kier molecular flexibility index (Phi) is 8.97. The van der Waals surface area contributed by atoms with Crippen LogP contribution in [0.25, 0.3) is 0 Å². The fraction of sp³-hybridized carbons (Fsp3) is 0.647. The van der Waals surface area contributed by atoms with Gasteiger partial charge in [0.25, 0.3) is 0 Å². The van der Waals surface area contributed by atoms with Crippen LogP contribution in [0.2, 0.25) is 0 Å². The molecule has 2 unspecified atom stereocenters. The average Bonchev–Trinajstić information content (AvgIpc) is 2.49. The summed E-state index contributed by atoms with van der Waals surface area (Å²) in [5.74, 6) is 0.879. The molecule has 0 aliphatic rings. The first-order valence-electron chi connectivity index (χ1n) is 7.69. The molecular formula is C17H28BrNO2. The van der Waals surface area contributed by atoms with Crippen LogP contribution in [0.4, 0.5) is 0 Å². The standard InChI is InChI=1S/C17H28BrNO2/c1-5-10-19-15(8-6-13(2)20-3)11-14-7-9-17(21-4)16(18)12-14/h7,9,12-13,15,19H,5-6,8,10-11H2,1-4H3. The molecule has 3 nitrogen and oxygen atoms in total. The van der Waals surface area contributed by atoms with E-state index in [2.05, 4.69) is 47.2 Å². The van der Waals surface area contributed by atoms with E-state index in [0.29, 0.717) is 12.1 Å². The molecule has 0 radical (unpaired) electrons. The summed E-state index contributed by atoms with van der Waals surface area (Å²) in [5.41, 5.74) is 1.32. The van der Waals surface area contributed by atoms with Gasteiger partial charge in [0.05, 0.1) is 17.7 Å². The SMILES string of the molecule is CCCNC(CCC(C)OC)Cc1ccc(OC)c(Br)c1. The zero-order valence-corrected chi connectivity index (χ0v) is 15.2. The second-order valence-corrected chi connectivity index (χ2v) is 6.30. The summed E-state index contributed by atoms with van der Waals surface area (Å²) in [6, 6.07) is 6.81. The molecule has 21 heavy (non-hydrogen) atoms. The number of rotatable bonds is 10. The minimum atomic E-state index is 0.318. The lowest BCUT2D eigenvalue weighted by Gasteiger charge is -2.20. The van der Waals surface area contributed by atoms with Crippen molar-refractivity contribution < 1.29 is 9.47 Å². The van der Waals surface area contributed by atoms with Gasteiger partial charge >= 0.3 is 0 Å². The Morgan fingerprint density at radius 1 is 1.24 bits per heavy atom. The Morgan fingerprint density at radius 3 is 2.57 bits per heavy atom. The van der Waals surface area contributed by atoms with Gasteiger partial charge in [0, 0.05) is 13.2 Å². The van der Waals surface area contributed by atoms with E-state index in [0.717, 1.165) is 42.5 Å². The van der Waals surface area contributed by atoms with Crippen molar-refractivity contribution >= 4 is 15.9 Å². The largest absolute Gasteiger partial charge is 0.496 e.